The Morgan fingerprint density at radius 2 is 2.00 bits per heavy atom. The number of nitrogens with zero attached hydrogens (tertiary/aromatic N) is 1. The van der Waals surface area contributed by atoms with E-state index in [1.54, 1.807) is 24.9 Å². The summed E-state index contributed by atoms with van der Waals surface area (Å²) in [4.78, 5) is 13.4. The van der Waals surface area contributed by atoms with Crippen molar-refractivity contribution in [2.75, 3.05) is 13.7 Å². The van der Waals surface area contributed by atoms with E-state index in [2.05, 4.69) is 0 Å². The monoisotopic (exact) mass is 300 g/mol. The van der Waals surface area contributed by atoms with Crippen LogP contribution < -0.4 is 9.88 Å². The number of benzene rings is 1. The summed E-state index contributed by atoms with van der Waals surface area (Å²) in [6, 6.07) is 4.49. The van der Waals surface area contributed by atoms with Gasteiger partial charge in [-0.15, -0.1) is 0 Å². The summed E-state index contributed by atoms with van der Waals surface area (Å²) in [7, 11) is -2.04. The molecule has 6 nitrogen and oxygen atoms in total. The Bertz CT molecular complexity index is 596. The van der Waals surface area contributed by atoms with Crippen LogP contribution in [0.15, 0.2) is 23.1 Å². The second kappa shape index (κ2) is 6.23. The molecule has 0 aromatic heterocycles. The molecule has 0 spiro atoms. The molecule has 0 fully saturated rings. The minimum absolute atomic E-state index is 0.0514. The number of carbonyl (C=O) groups excluding carboxylic acids is 1. The highest BCUT2D eigenvalue weighted by atomic mass is 32.2. The highest BCUT2D eigenvalue weighted by Crippen LogP contribution is 2.20. The summed E-state index contributed by atoms with van der Waals surface area (Å²) >= 11 is 0. The predicted molar refractivity (Wildman–Crippen MR) is 76.0 cm³/mol. The van der Waals surface area contributed by atoms with Crippen molar-refractivity contribution < 1.29 is 17.9 Å². The molecule has 112 valence electrons. The Morgan fingerprint density at radius 3 is 2.45 bits per heavy atom. The number of nitrogens with two attached hydrogens (primary N) is 1. The number of carbonyl (C=O) groups is 1. The maximum absolute atomic E-state index is 11.8. The van der Waals surface area contributed by atoms with E-state index in [0.717, 1.165) is 0 Å². The molecule has 0 unspecified atom stereocenters. The quantitative estimate of drug-likeness (QED) is 0.874. The number of hydrogen-bond acceptors (Lipinski definition) is 4. The summed E-state index contributed by atoms with van der Waals surface area (Å²) in [6.45, 7) is 5.34. The van der Waals surface area contributed by atoms with Crippen molar-refractivity contribution in [3.05, 3.63) is 23.8 Å². The maximum Gasteiger partial charge on any atom is 0.260 e. The van der Waals surface area contributed by atoms with Crippen LogP contribution in [0.3, 0.4) is 0 Å². The van der Waals surface area contributed by atoms with Gasteiger partial charge in [0.2, 0.25) is 10.0 Å². The largest absolute Gasteiger partial charge is 0.484 e. The SMILES string of the molecule is Cc1cc(OCC(=O)N(C)C(C)C)ccc1S(N)(=O)=O. The molecule has 0 saturated carbocycles. The average molecular weight is 300 g/mol. The van der Waals surface area contributed by atoms with Crippen LogP contribution in [-0.4, -0.2) is 38.9 Å². The first-order valence-corrected chi connectivity index (χ1v) is 7.69. The fourth-order valence-electron chi connectivity index (χ4n) is 1.57. The van der Waals surface area contributed by atoms with Crippen LogP contribution in [0, 0.1) is 6.92 Å². The molecule has 1 aromatic carbocycles. The summed E-state index contributed by atoms with van der Waals surface area (Å²) < 4.78 is 27.9. The Morgan fingerprint density at radius 1 is 1.40 bits per heavy atom. The fourth-order valence-corrected chi connectivity index (χ4v) is 2.33. The minimum Gasteiger partial charge on any atom is -0.484 e. The van der Waals surface area contributed by atoms with Gasteiger partial charge in [0.15, 0.2) is 6.61 Å². The molecule has 20 heavy (non-hydrogen) atoms. The number of likely N-dealkylation sites (N-methyl/N-ethyl adjacent to an activating group) is 1. The molecule has 0 aliphatic carbocycles. The van der Waals surface area contributed by atoms with Crippen LogP contribution >= 0.6 is 0 Å². The second-order valence-electron chi connectivity index (χ2n) is 4.86. The van der Waals surface area contributed by atoms with Crippen molar-refractivity contribution >= 4 is 15.9 Å². The number of ether oxygens (including phenoxy) is 1. The van der Waals surface area contributed by atoms with Crippen LogP contribution in [0.2, 0.25) is 0 Å². The third-order valence-corrected chi connectivity index (χ3v) is 4.05. The zero-order chi connectivity index (χ0) is 15.5. The molecular weight excluding hydrogens is 280 g/mol. The van der Waals surface area contributed by atoms with Gasteiger partial charge < -0.3 is 9.64 Å². The van der Waals surface area contributed by atoms with Gasteiger partial charge in [0, 0.05) is 13.1 Å². The third-order valence-electron chi connectivity index (χ3n) is 2.98. The molecule has 1 rings (SSSR count). The second-order valence-corrected chi connectivity index (χ2v) is 6.39. The number of sulfonamides is 1. The van der Waals surface area contributed by atoms with E-state index in [-0.39, 0.29) is 23.5 Å². The van der Waals surface area contributed by atoms with E-state index in [4.69, 9.17) is 9.88 Å². The van der Waals surface area contributed by atoms with Gasteiger partial charge in [-0.1, -0.05) is 0 Å². The van der Waals surface area contributed by atoms with Gasteiger partial charge in [-0.2, -0.15) is 0 Å². The number of primary sulfonamides is 1. The average Bonchev–Trinajstić information content (AvgIpc) is 2.33. The fraction of sp³-hybridized carbons (Fsp3) is 0.462. The Hall–Kier alpha value is -1.60. The predicted octanol–water partition coefficient (Wildman–Crippen LogP) is 0.888. The lowest BCUT2D eigenvalue weighted by atomic mass is 10.2. The van der Waals surface area contributed by atoms with Crippen molar-refractivity contribution in [2.45, 2.75) is 31.7 Å². The molecule has 0 aliphatic heterocycles. The van der Waals surface area contributed by atoms with Crippen LogP contribution in [0.5, 0.6) is 5.75 Å². The van der Waals surface area contributed by atoms with E-state index in [9.17, 15) is 13.2 Å². The Balaban J connectivity index is 2.77. The molecule has 0 radical (unpaired) electrons. The molecular formula is C13H20N2O4S. The molecule has 0 atom stereocenters. The first-order valence-electron chi connectivity index (χ1n) is 6.15. The minimum atomic E-state index is -3.74. The molecule has 1 amide bonds. The molecule has 7 heteroatoms. The molecule has 1 aromatic rings. The summed E-state index contributed by atoms with van der Waals surface area (Å²) in [5.41, 5.74) is 0.481. The van der Waals surface area contributed by atoms with Gasteiger partial charge in [0.1, 0.15) is 5.75 Å². The van der Waals surface area contributed by atoms with E-state index < -0.39 is 10.0 Å². The van der Waals surface area contributed by atoms with E-state index in [1.165, 1.54) is 12.1 Å². The Labute approximate surface area is 119 Å². The van der Waals surface area contributed by atoms with Crippen LogP contribution in [-0.2, 0) is 14.8 Å². The van der Waals surface area contributed by atoms with Crippen molar-refractivity contribution in [1.29, 1.82) is 0 Å². The van der Waals surface area contributed by atoms with Crippen LogP contribution in [0.1, 0.15) is 19.4 Å². The maximum atomic E-state index is 11.8. The van der Waals surface area contributed by atoms with Crippen LogP contribution in [0.25, 0.3) is 0 Å². The normalized spacial score (nSPS) is 11.5. The van der Waals surface area contributed by atoms with E-state index >= 15 is 0 Å². The number of hydrogen-bond donors (Lipinski definition) is 1. The topological polar surface area (TPSA) is 89.7 Å². The summed E-state index contributed by atoms with van der Waals surface area (Å²) in [5, 5.41) is 5.07. The lowest BCUT2D eigenvalue weighted by Crippen LogP contribution is -2.36. The number of aryl methyl sites for hydroxylation is 1. The lowest BCUT2D eigenvalue weighted by molar-refractivity contribution is -0.133. The lowest BCUT2D eigenvalue weighted by Gasteiger charge is -2.21. The third kappa shape index (κ3) is 4.21. The summed E-state index contributed by atoms with van der Waals surface area (Å²) in [6.07, 6.45) is 0. The van der Waals surface area contributed by atoms with Crippen molar-refractivity contribution in [1.82, 2.24) is 4.90 Å². The van der Waals surface area contributed by atoms with Crippen molar-refractivity contribution in [3.8, 4) is 5.75 Å². The molecule has 0 aliphatic rings. The zero-order valence-electron chi connectivity index (χ0n) is 12.1. The van der Waals surface area contributed by atoms with Gasteiger partial charge in [-0.3, -0.25) is 4.79 Å². The number of amides is 1. The molecule has 0 bridgehead atoms. The smallest absolute Gasteiger partial charge is 0.260 e. The standard InChI is InChI=1S/C13H20N2O4S/c1-9(2)15(4)13(16)8-19-11-5-6-12(10(3)7-11)20(14,17)18/h5-7,9H,8H2,1-4H3,(H2,14,17,18). The molecule has 0 heterocycles. The summed E-state index contributed by atoms with van der Waals surface area (Å²) in [5.74, 6) is 0.286. The van der Waals surface area contributed by atoms with Crippen LogP contribution in [0.4, 0.5) is 0 Å². The van der Waals surface area contributed by atoms with Gasteiger partial charge in [0.25, 0.3) is 5.91 Å². The zero-order valence-corrected chi connectivity index (χ0v) is 12.9. The highest BCUT2D eigenvalue weighted by molar-refractivity contribution is 7.89. The number of rotatable bonds is 5. The molecule has 2 N–H and O–H groups in total. The Kier molecular flexibility index (Phi) is 5.13. The highest BCUT2D eigenvalue weighted by Gasteiger charge is 2.14. The van der Waals surface area contributed by atoms with Crippen molar-refractivity contribution in [3.63, 3.8) is 0 Å². The molecule has 0 saturated heterocycles. The van der Waals surface area contributed by atoms with Gasteiger partial charge >= 0.3 is 0 Å². The first kappa shape index (κ1) is 16.5. The van der Waals surface area contributed by atoms with Gasteiger partial charge in [-0.25, -0.2) is 13.6 Å². The van der Waals surface area contributed by atoms with Gasteiger partial charge in [-0.05, 0) is 44.5 Å². The first-order chi connectivity index (χ1) is 9.12. The van der Waals surface area contributed by atoms with E-state index in [1.807, 2.05) is 13.8 Å². The van der Waals surface area contributed by atoms with Crippen molar-refractivity contribution in [2.24, 2.45) is 5.14 Å². The van der Waals surface area contributed by atoms with E-state index in [0.29, 0.717) is 11.3 Å². The van der Waals surface area contributed by atoms with Gasteiger partial charge in [0.05, 0.1) is 4.90 Å².